The molecule has 0 unspecified atom stereocenters. The number of para-hydroxylation sites is 1. The quantitative estimate of drug-likeness (QED) is 0.238. The molecule has 2 aromatic carbocycles. The first-order chi connectivity index (χ1) is 12.5. The van der Waals surface area contributed by atoms with Crippen LogP contribution in [0.1, 0.15) is 6.92 Å². The van der Waals surface area contributed by atoms with E-state index in [1.165, 1.54) is 43.0 Å². The van der Waals surface area contributed by atoms with Crippen LogP contribution in [0.4, 0.5) is 11.4 Å². The van der Waals surface area contributed by atoms with Crippen molar-refractivity contribution in [3.8, 4) is 0 Å². The maximum absolute atomic E-state index is 11.9. The summed E-state index contributed by atoms with van der Waals surface area (Å²) >= 11 is 1.22. The molecule has 130 valence electrons. The third-order valence-corrected chi connectivity index (χ3v) is 4.59. The monoisotopic (exact) mass is 366 g/mol. The Labute approximate surface area is 153 Å². The van der Waals surface area contributed by atoms with E-state index in [0.717, 1.165) is 15.8 Å². The van der Waals surface area contributed by atoms with Gasteiger partial charge in [0.05, 0.1) is 16.1 Å². The van der Waals surface area contributed by atoms with Crippen LogP contribution in [-0.4, -0.2) is 20.7 Å². The van der Waals surface area contributed by atoms with Gasteiger partial charge in [-0.1, -0.05) is 30.0 Å². The largest absolute Gasteiger partial charge is 0.292 e. The second-order valence-electron chi connectivity index (χ2n) is 5.32. The predicted octanol–water partition coefficient (Wildman–Crippen LogP) is 4.25. The van der Waals surface area contributed by atoms with Gasteiger partial charge >= 0.3 is 0 Å². The Morgan fingerprint density at radius 2 is 1.88 bits per heavy atom. The molecule has 0 fully saturated rings. The highest BCUT2D eigenvalue weighted by molar-refractivity contribution is 8.15. The summed E-state index contributed by atoms with van der Waals surface area (Å²) in [5, 5.41) is 16.1. The number of nitro benzene ring substituents is 1. The van der Waals surface area contributed by atoms with E-state index in [4.69, 9.17) is 0 Å². The number of pyridine rings is 1. The smallest absolute Gasteiger partial charge is 0.269 e. The molecular weight excluding hydrogens is 352 g/mol. The zero-order valence-electron chi connectivity index (χ0n) is 13.7. The molecule has 3 aromatic rings. The number of benzene rings is 2. The van der Waals surface area contributed by atoms with E-state index in [2.05, 4.69) is 15.5 Å². The normalized spacial score (nSPS) is 11.3. The number of Topliss-reactive ketones (excluding diaryl/α,β-unsaturated/α-hetero) is 1. The summed E-state index contributed by atoms with van der Waals surface area (Å²) < 4.78 is 0. The number of aromatic nitrogens is 1. The van der Waals surface area contributed by atoms with Gasteiger partial charge in [-0.25, -0.2) is 0 Å². The van der Waals surface area contributed by atoms with Crippen LogP contribution in [0.25, 0.3) is 10.9 Å². The fourth-order valence-electron chi connectivity index (χ4n) is 2.21. The van der Waals surface area contributed by atoms with Gasteiger partial charge in [-0.3, -0.25) is 25.3 Å². The van der Waals surface area contributed by atoms with Crippen molar-refractivity contribution in [1.29, 1.82) is 0 Å². The number of carbonyl (C=O) groups excluding carboxylic acids is 1. The first-order valence-electron chi connectivity index (χ1n) is 7.65. The standard InChI is InChI=1S/C18H14N4O3S/c1-12(23)18(21-20-14-7-9-15(10-8-14)22(24)25)26-16-6-2-4-13-5-3-11-19-17(13)16/h2-11,20H,1H3/b21-18-. The van der Waals surface area contributed by atoms with E-state index in [1.54, 1.807) is 6.20 Å². The van der Waals surface area contributed by atoms with Crippen molar-refractivity contribution in [2.45, 2.75) is 11.8 Å². The predicted molar refractivity (Wildman–Crippen MR) is 102 cm³/mol. The maximum Gasteiger partial charge on any atom is 0.269 e. The SMILES string of the molecule is CC(=O)/C(=N/Nc1ccc([N+](=O)[O-])cc1)Sc1cccc2cccnc12. The topological polar surface area (TPSA) is 97.5 Å². The lowest BCUT2D eigenvalue weighted by Crippen LogP contribution is -2.08. The molecule has 1 N–H and O–H groups in total. The summed E-state index contributed by atoms with van der Waals surface area (Å²) in [6, 6.07) is 15.3. The molecule has 0 bridgehead atoms. The third kappa shape index (κ3) is 4.04. The molecule has 26 heavy (non-hydrogen) atoms. The van der Waals surface area contributed by atoms with Crippen molar-refractivity contribution < 1.29 is 9.72 Å². The van der Waals surface area contributed by atoms with Crippen molar-refractivity contribution in [3.63, 3.8) is 0 Å². The molecule has 7 nitrogen and oxygen atoms in total. The lowest BCUT2D eigenvalue weighted by Gasteiger charge is -2.07. The van der Waals surface area contributed by atoms with E-state index >= 15 is 0 Å². The van der Waals surface area contributed by atoms with Gasteiger partial charge in [0.1, 0.15) is 0 Å². The second-order valence-corrected chi connectivity index (χ2v) is 6.35. The number of rotatable bonds is 5. The summed E-state index contributed by atoms with van der Waals surface area (Å²) in [6.07, 6.45) is 1.70. The number of hydrogen-bond donors (Lipinski definition) is 1. The van der Waals surface area contributed by atoms with Crippen LogP contribution in [0.15, 0.2) is 70.8 Å². The first kappa shape index (κ1) is 17.6. The number of fused-ring (bicyclic) bond motifs is 1. The van der Waals surface area contributed by atoms with Crippen molar-refractivity contribution >= 4 is 44.9 Å². The van der Waals surface area contributed by atoms with Crippen molar-refractivity contribution in [2.24, 2.45) is 5.10 Å². The number of thioether (sulfide) groups is 1. The van der Waals surface area contributed by atoms with Gasteiger partial charge in [0.2, 0.25) is 0 Å². The minimum Gasteiger partial charge on any atom is -0.292 e. The van der Waals surface area contributed by atoms with E-state index in [9.17, 15) is 14.9 Å². The average Bonchev–Trinajstić information content (AvgIpc) is 2.65. The summed E-state index contributed by atoms with van der Waals surface area (Å²) in [5.41, 5.74) is 4.10. The Kier molecular flexibility index (Phi) is 5.23. The van der Waals surface area contributed by atoms with Crippen molar-refractivity contribution in [1.82, 2.24) is 4.98 Å². The highest BCUT2D eigenvalue weighted by Crippen LogP contribution is 2.27. The molecular formula is C18H14N4O3S. The van der Waals surface area contributed by atoms with E-state index in [0.29, 0.717) is 5.69 Å². The van der Waals surface area contributed by atoms with E-state index in [1.807, 2.05) is 30.3 Å². The molecule has 0 aliphatic carbocycles. The van der Waals surface area contributed by atoms with Crippen LogP contribution in [0.3, 0.4) is 0 Å². The molecule has 3 rings (SSSR count). The van der Waals surface area contributed by atoms with E-state index in [-0.39, 0.29) is 16.5 Å². The summed E-state index contributed by atoms with van der Waals surface area (Å²) in [4.78, 5) is 27.3. The zero-order valence-corrected chi connectivity index (χ0v) is 14.6. The number of non-ortho nitro benzene ring substituents is 1. The molecule has 0 saturated carbocycles. The number of nitrogens with one attached hydrogen (secondary N) is 1. The van der Waals surface area contributed by atoms with Crippen LogP contribution in [0.2, 0.25) is 0 Å². The number of ketones is 1. The summed E-state index contributed by atoms with van der Waals surface area (Å²) in [7, 11) is 0. The van der Waals surface area contributed by atoms with Crippen LogP contribution < -0.4 is 5.43 Å². The number of hydrogen-bond acceptors (Lipinski definition) is 7. The van der Waals surface area contributed by atoms with Gasteiger partial charge in [-0.05, 0) is 24.3 Å². The zero-order chi connectivity index (χ0) is 18.5. The van der Waals surface area contributed by atoms with Crippen LogP contribution in [-0.2, 0) is 4.79 Å². The van der Waals surface area contributed by atoms with E-state index < -0.39 is 4.92 Å². The number of hydrazone groups is 1. The second kappa shape index (κ2) is 7.75. The lowest BCUT2D eigenvalue weighted by atomic mass is 10.2. The highest BCUT2D eigenvalue weighted by atomic mass is 32.2. The van der Waals surface area contributed by atoms with Gasteiger partial charge in [0, 0.05) is 35.5 Å². The molecule has 8 heteroatoms. The van der Waals surface area contributed by atoms with Gasteiger partial charge in [0.15, 0.2) is 10.8 Å². The van der Waals surface area contributed by atoms with Crippen molar-refractivity contribution in [3.05, 3.63) is 70.9 Å². The molecule has 0 radical (unpaired) electrons. The summed E-state index contributed by atoms with van der Waals surface area (Å²) in [5.74, 6) is -0.197. The van der Waals surface area contributed by atoms with Gasteiger partial charge in [0.25, 0.3) is 5.69 Å². The number of nitrogens with zero attached hydrogens (tertiary/aromatic N) is 3. The number of anilines is 1. The molecule has 0 spiro atoms. The molecule has 0 saturated heterocycles. The molecule has 0 aliphatic heterocycles. The number of carbonyl (C=O) groups is 1. The fraction of sp³-hybridized carbons (Fsp3) is 0.0556. The lowest BCUT2D eigenvalue weighted by molar-refractivity contribution is -0.384. The van der Waals surface area contributed by atoms with Crippen LogP contribution in [0, 0.1) is 10.1 Å². The third-order valence-electron chi connectivity index (χ3n) is 3.47. The van der Waals surface area contributed by atoms with Crippen LogP contribution in [0.5, 0.6) is 0 Å². The average molecular weight is 366 g/mol. The minimum absolute atomic E-state index is 0.0116. The maximum atomic E-state index is 11.9. The van der Waals surface area contributed by atoms with Gasteiger partial charge in [-0.15, -0.1) is 0 Å². The Balaban J connectivity index is 1.83. The first-order valence-corrected chi connectivity index (χ1v) is 8.47. The fourth-order valence-corrected chi connectivity index (χ4v) is 3.07. The summed E-state index contributed by atoms with van der Waals surface area (Å²) in [6.45, 7) is 1.43. The number of nitro groups is 1. The van der Waals surface area contributed by atoms with Gasteiger partial charge < -0.3 is 0 Å². The van der Waals surface area contributed by atoms with Gasteiger partial charge in [-0.2, -0.15) is 5.10 Å². The molecule has 1 aromatic heterocycles. The Morgan fingerprint density at radius 3 is 2.58 bits per heavy atom. The minimum atomic E-state index is -0.475. The molecule has 1 heterocycles. The molecule has 0 atom stereocenters. The molecule has 0 aliphatic rings. The molecule has 0 amide bonds. The highest BCUT2D eigenvalue weighted by Gasteiger charge is 2.12. The Morgan fingerprint density at radius 1 is 1.15 bits per heavy atom. The Hall–Kier alpha value is -3.26. The van der Waals surface area contributed by atoms with Crippen LogP contribution >= 0.6 is 11.8 Å². The van der Waals surface area contributed by atoms with Crippen molar-refractivity contribution in [2.75, 3.05) is 5.43 Å². The Bertz CT molecular complexity index is 997.